The van der Waals surface area contributed by atoms with Gasteiger partial charge in [-0.15, -0.1) is 0 Å². The lowest BCUT2D eigenvalue weighted by molar-refractivity contribution is 0.390. The lowest BCUT2D eigenvalue weighted by Gasteiger charge is -2.31. The van der Waals surface area contributed by atoms with Crippen LogP contribution in [0.2, 0.25) is 0 Å². The molecule has 0 bridgehead atoms. The highest BCUT2D eigenvalue weighted by Crippen LogP contribution is 2.25. The number of thiocarbonyl (C=S) groups is 1. The number of nitrogens with one attached hydrogen (secondary N) is 1. The van der Waals surface area contributed by atoms with Crippen LogP contribution < -0.4 is 10.2 Å². The fourth-order valence-electron chi connectivity index (χ4n) is 2.82. The third-order valence-corrected chi connectivity index (χ3v) is 4.20. The average molecular weight is 343 g/mol. The monoisotopic (exact) mass is 342 g/mol. The van der Waals surface area contributed by atoms with Crippen LogP contribution in [0.4, 0.5) is 17.1 Å². The van der Waals surface area contributed by atoms with E-state index < -0.39 is 0 Å². The molecule has 0 aromatic heterocycles. The summed E-state index contributed by atoms with van der Waals surface area (Å²) in [5.41, 5.74) is 3.17. The summed E-state index contributed by atoms with van der Waals surface area (Å²) >= 11 is 5.41. The molecule has 2 aromatic carbocycles. The molecule has 1 atom stereocenters. The normalized spacial score (nSPS) is 11.9. The molecule has 0 fully saturated rings. The molecule has 0 radical (unpaired) electrons. The van der Waals surface area contributed by atoms with Gasteiger partial charge in [0.25, 0.3) is 5.17 Å². The number of para-hydroxylation sites is 1. The van der Waals surface area contributed by atoms with Gasteiger partial charge in [0.2, 0.25) is 0 Å². The van der Waals surface area contributed by atoms with Crippen molar-refractivity contribution in [3.63, 3.8) is 0 Å². The SMILES string of the molecule is COC(=S)N(c1ccc(Nc2ccccc2)cc1)C(C)CC(C)C. The van der Waals surface area contributed by atoms with Gasteiger partial charge in [-0.25, -0.2) is 0 Å². The topological polar surface area (TPSA) is 24.5 Å². The molecule has 24 heavy (non-hydrogen) atoms. The second-order valence-electron chi connectivity index (χ2n) is 6.36. The van der Waals surface area contributed by atoms with Gasteiger partial charge in [0.15, 0.2) is 0 Å². The van der Waals surface area contributed by atoms with Crippen molar-refractivity contribution in [3.8, 4) is 0 Å². The standard InChI is InChI=1S/C20H26N2OS/c1-15(2)14-16(3)22(20(24)23-4)19-12-10-18(11-13-19)21-17-8-6-5-7-9-17/h5-13,15-16,21H,14H2,1-4H3. The summed E-state index contributed by atoms with van der Waals surface area (Å²) in [5, 5.41) is 3.90. The molecule has 0 saturated carbocycles. The lowest BCUT2D eigenvalue weighted by atomic mass is 10.0. The van der Waals surface area contributed by atoms with Crippen molar-refractivity contribution in [3.05, 3.63) is 54.6 Å². The van der Waals surface area contributed by atoms with Gasteiger partial charge >= 0.3 is 0 Å². The molecule has 2 rings (SSSR count). The van der Waals surface area contributed by atoms with Gasteiger partial charge in [-0.1, -0.05) is 32.0 Å². The Morgan fingerprint density at radius 2 is 1.58 bits per heavy atom. The lowest BCUT2D eigenvalue weighted by Crippen LogP contribution is -2.39. The highest BCUT2D eigenvalue weighted by molar-refractivity contribution is 7.80. The Morgan fingerprint density at radius 1 is 1.00 bits per heavy atom. The number of anilines is 3. The summed E-state index contributed by atoms with van der Waals surface area (Å²) in [7, 11) is 1.63. The van der Waals surface area contributed by atoms with Crippen molar-refractivity contribution in [2.24, 2.45) is 5.92 Å². The highest BCUT2D eigenvalue weighted by atomic mass is 32.1. The third-order valence-electron chi connectivity index (χ3n) is 3.83. The molecule has 1 N–H and O–H groups in total. The minimum atomic E-state index is 0.283. The van der Waals surface area contributed by atoms with E-state index in [0.29, 0.717) is 11.1 Å². The van der Waals surface area contributed by atoms with Crippen LogP contribution in [-0.4, -0.2) is 18.3 Å². The van der Waals surface area contributed by atoms with E-state index in [1.807, 2.05) is 30.3 Å². The predicted molar refractivity (Wildman–Crippen MR) is 107 cm³/mol. The Kier molecular flexibility index (Phi) is 6.62. The fourth-order valence-corrected chi connectivity index (χ4v) is 3.10. The van der Waals surface area contributed by atoms with Crippen LogP contribution in [0.1, 0.15) is 27.2 Å². The molecule has 4 heteroatoms. The Balaban J connectivity index is 2.17. The second kappa shape index (κ2) is 8.69. The first-order valence-electron chi connectivity index (χ1n) is 8.30. The van der Waals surface area contributed by atoms with E-state index in [1.54, 1.807) is 7.11 Å². The molecule has 0 saturated heterocycles. The van der Waals surface area contributed by atoms with Crippen molar-refractivity contribution in [1.29, 1.82) is 0 Å². The maximum Gasteiger partial charge on any atom is 0.263 e. The first-order valence-corrected chi connectivity index (χ1v) is 8.71. The third kappa shape index (κ3) is 4.96. The summed E-state index contributed by atoms with van der Waals surface area (Å²) < 4.78 is 5.34. The Bertz CT molecular complexity index is 640. The van der Waals surface area contributed by atoms with Crippen LogP contribution in [0.5, 0.6) is 0 Å². The Morgan fingerprint density at radius 3 is 2.12 bits per heavy atom. The summed E-state index contributed by atoms with van der Waals surface area (Å²) in [6, 6.07) is 18.7. The molecule has 0 heterocycles. The van der Waals surface area contributed by atoms with Gasteiger partial charge in [0.05, 0.1) is 7.11 Å². The number of methoxy groups -OCH3 is 1. The van der Waals surface area contributed by atoms with E-state index in [1.165, 1.54) is 0 Å². The summed E-state index contributed by atoms with van der Waals surface area (Å²) in [6.45, 7) is 6.62. The molecule has 0 aliphatic carbocycles. The second-order valence-corrected chi connectivity index (χ2v) is 6.71. The molecule has 0 amide bonds. The largest absolute Gasteiger partial charge is 0.474 e. The molecule has 2 aromatic rings. The number of benzene rings is 2. The van der Waals surface area contributed by atoms with Crippen LogP contribution in [0, 0.1) is 5.92 Å². The molecule has 1 unspecified atom stereocenters. The molecule has 0 aliphatic heterocycles. The maximum absolute atomic E-state index is 5.41. The quantitative estimate of drug-likeness (QED) is 0.690. The van der Waals surface area contributed by atoms with Crippen molar-refractivity contribution in [2.75, 3.05) is 17.3 Å². The number of rotatable bonds is 6. The summed E-state index contributed by atoms with van der Waals surface area (Å²) in [4.78, 5) is 2.08. The molecule has 128 valence electrons. The van der Waals surface area contributed by atoms with E-state index in [-0.39, 0.29) is 6.04 Å². The van der Waals surface area contributed by atoms with E-state index in [9.17, 15) is 0 Å². The molecule has 0 spiro atoms. The zero-order valence-electron chi connectivity index (χ0n) is 14.8. The molecule has 0 aliphatic rings. The van der Waals surface area contributed by atoms with E-state index in [0.717, 1.165) is 23.5 Å². The van der Waals surface area contributed by atoms with E-state index in [2.05, 4.69) is 55.3 Å². The minimum Gasteiger partial charge on any atom is -0.474 e. The van der Waals surface area contributed by atoms with Crippen molar-refractivity contribution < 1.29 is 4.74 Å². The smallest absolute Gasteiger partial charge is 0.263 e. The number of hydrogen-bond donors (Lipinski definition) is 1. The number of ether oxygens (including phenoxy) is 1. The molecular formula is C20H26N2OS. The maximum atomic E-state index is 5.41. The fraction of sp³-hybridized carbons (Fsp3) is 0.350. The van der Waals surface area contributed by atoms with Gasteiger partial charge < -0.3 is 15.0 Å². The summed E-state index contributed by atoms with van der Waals surface area (Å²) in [6.07, 6.45) is 1.05. The zero-order valence-corrected chi connectivity index (χ0v) is 15.6. The van der Waals surface area contributed by atoms with Crippen LogP contribution >= 0.6 is 12.2 Å². The van der Waals surface area contributed by atoms with Gasteiger partial charge in [0.1, 0.15) is 0 Å². The van der Waals surface area contributed by atoms with Gasteiger partial charge in [-0.2, -0.15) is 0 Å². The van der Waals surface area contributed by atoms with E-state index >= 15 is 0 Å². The Hall–Kier alpha value is -2.07. The predicted octanol–water partition coefficient (Wildman–Crippen LogP) is 5.60. The number of hydrogen-bond acceptors (Lipinski definition) is 3. The van der Waals surface area contributed by atoms with Crippen molar-refractivity contribution >= 4 is 34.5 Å². The average Bonchev–Trinajstić information content (AvgIpc) is 2.56. The van der Waals surface area contributed by atoms with Crippen LogP contribution in [-0.2, 0) is 4.74 Å². The van der Waals surface area contributed by atoms with Crippen LogP contribution in [0.15, 0.2) is 54.6 Å². The zero-order chi connectivity index (χ0) is 17.5. The number of nitrogens with zero attached hydrogens (tertiary/aromatic N) is 1. The first-order chi connectivity index (χ1) is 11.5. The van der Waals surface area contributed by atoms with Crippen LogP contribution in [0.25, 0.3) is 0 Å². The van der Waals surface area contributed by atoms with Gasteiger partial charge in [-0.3, -0.25) is 0 Å². The van der Waals surface area contributed by atoms with Crippen LogP contribution in [0.3, 0.4) is 0 Å². The Labute approximate surface area is 150 Å². The van der Waals surface area contributed by atoms with Gasteiger partial charge in [0, 0.05) is 23.1 Å². The highest BCUT2D eigenvalue weighted by Gasteiger charge is 2.20. The minimum absolute atomic E-state index is 0.283. The van der Waals surface area contributed by atoms with Crippen molar-refractivity contribution in [2.45, 2.75) is 33.2 Å². The van der Waals surface area contributed by atoms with Crippen molar-refractivity contribution in [1.82, 2.24) is 0 Å². The summed E-state index contributed by atoms with van der Waals surface area (Å²) in [5.74, 6) is 0.598. The van der Waals surface area contributed by atoms with E-state index in [4.69, 9.17) is 17.0 Å². The van der Waals surface area contributed by atoms with Gasteiger partial charge in [-0.05, 0) is 67.9 Å². The first kappa shape index (κ1) is 18.3. The molecular weight excluding hydrogens is 316 g/mol. The molecule has 3 nitrogen and oxygen atoms in total.